The molecule has 0 aliphatic carbocycles. The van der Waals surface area contributed by atoms with Gasteiger partial charge in [-0.2, -0.15) is 0 Å². The third-order valence-electron chi connectivity index (χ3n) is 2.88. The Morgan fingerprint density at radius 1 is 0.875 bits per heavy atom. The lowest BCUT2D eigenvalue weighted by Gasteiger charge is -2.24. The second-order valence-electron chi connectivity index (χ2n) is 4.16. The summed E-state index contributed by atoms with van der Waals surface area (Å²) < 4.78 is 0. The van der Waals surface area contributed by atoms with Gasteiger partial charge in [-0.1, -0.05) is 27.7 Å². The summed E-state index contributed by atoms with van der Waals surface area (Å²) in [5, 5.41) is 0. The van der Waals surface area contributed by atoms with Crippen LogP contribution < -0.4 is 0 Å². The molecular weight excluding hydrogens is 200 g/mol. The molecule has 0 radical (unpaired) electrons. The van der Waals surface area contributed by atoms with E-state index >= 15 is 0 Å². The van der Waals surface area contributed by atoms with Crippen LogP contribution in [0.4, 0.5) is 0 Å². The van der Waals surface area contributed by atoms with Gasteiger partial charge in [0.2, 0.25) is 5.91 Å². The average Bonchev–Trinajstić information content (AvgIpc) is 2.30. The fraction of sp³-hybridized carbons (Fsp3) is 0.923. The second kappa shape index (κ2) is 9.64. The van der Waals surface area contributed by atoms with Crippen LogP contribution in [0.25, 0.3) is 0 Å². The molecule has 0 atom stereocenters. The van der Waals surface area contributed by atoms with Crippen molar-refractivity contribution in [3.63, 3.8) is 0 Å². The Labute approximate surface area is 101 Å². The van der Waals surface area contributed by atoms with Crippen LogP contribution >= 0.6 is 0 Å². The molecule has 0 rings (SSSR count). The molecule has 1 amide bonds. The Bertz CT molecular complexity index is 173. The maximum absolute atomic E-state index is 12.0. The van der Waals surface area contributed by atoms with Crippen molar-refractivity contribution in [3.8, 4) is 0 Å². The summed E-state index contributed by atoms with van der Waals surface area (Å²) in [6.45, 7) is 13.3. The first-order chi connectivity index (χ1) is 7.69. The van der Waals surface area contributed by atoms with Crippen molar-refractivity contribution in [2.75, 3.05) is 32.7 Å². The normalized spacial score (nSPS) is 10.8. The van der Waals surface area contributed by atoms with Gasteiger partial charge in [0.15, 0.2) is 0 Å². The molecule has 0 saturated heterocycles. The Hall–Kier alpha value is -0.570. The molecule has 0 spiro atoms. The highest BCUT2D eigenvalue weighted by molar-refractivity contribution is 5.76. The predicted octanol–water partition coefficient (Wildman–Crippen LogP) is 2.37. The van der Waals surface area contributed by atoms with E-state index in [1.54, 1.807) is 0 Å². The summed E-state index contributed by atoms with van der Waals surface area (Å²) in [4.78, 5) is 16.3. The largest absolute Gasteiger partial charge is 0.343 e. The van der Waals surface area contributed by atoms with Crippen molar-refractivity contribution in [3.05, 3.63) is 0 Å². The van der Waals surface area contributed by atoms with Crippen LogP contribution in [0.5, 0.6) is 0 Å². The third kappa shape index (κ3) is 6.11. The molecule has 0 aromatic rings. The summed E-state index contributed by atoms with van der Waals surface area (Å²) in [6.07, 6.45) is 2.77. The second-order valence-corrected chi connectivity index (χ2v) is 4.16. The quantitative estimate of drug-likeness (QED) is 0.605. The molecule has 3 nitrogen and oxygen atoms in total. The molecule has 0 aliphatic heterocycles. The molecule has 16 heavy (non-hydrogen) atoms. The third-order valence-corrected chi connectivity index (χ3v) is 2.88. The zero-order valence-electron chi connectivity index (χ0n) is 11.5. The number of hydrogen-bond acceptors (Lipinski definition) is 2. The van der Waals surface area contributed by atoms with Gasteiger partial charge in [-0.05, 0) is 25.9 Å². The fourth-order valence-electron chi connectivity index (χ4n) is 1.85. The molecule has 0 bridgehead atoms. The van der Waals surface area contributed by atoms with Crippen molar-refractivity contribution in [1.29, 1.82) is 0 Å². The van der Waals surface area contributed by atoms with Gasteiger partial charge in [0.25, 0.3) is 0 Å². The summed E-state index contributed by atoms with van der Waals surface area (Å²) in [5.74, 6) is 0.315. The van der Waals surface area contributed by atoms with E-state index in [9.17, 15) is 4.79 Å². The highest BCUT2D eigenvalue weighted by atomic mass is 16.2. The van der Waals surface area contributed by atoms with Crippen molar-refractivity contribution in [1.82, 2.24) is 9.80 Å². The zero-order valence-corrected chi connectivity index (χ0v) is 11.5. The van der Waals surface area contributed by atoms with E-state index in [0.717, 1.165) is 45.6 Å². The van der Waals surface area contributed by atoms with Crippen LogP contribution in [-0.2, 0) is 4.79 Å². The first-order valence-corrected chi connectivity index (χ1v) is 6.69. The molecule has 0 aromatic heterocycles. The zero-order chi connectivity index (χ0) is 12.4. The molecule has 0 unspecified atom stereocenters. The molecule has 0 N–H and O–H groups in total. The van der Waals surface area contributed by atoms with Gasteiger partial charge in [0.05, 0.1) is 0 Å². The van der Waals surface area contributed by atoms with Crippen LogP contribution in [0, 0.1) is 0 Å². The summed E-state index contributed by atoms with van der Waals surface area (Å²) in [5.41, 5.74) is 0. The first-order valence-electron chi connectivity index (χ1n) is 6.69. The highest BCUT2D eigenvalue weighted by Crippen LogP contribution is 2.00. The van der Waals surface area contributed by atoms with Gasteiger partial charge in [-0.25, -0.2) is 0 Å². The number of carbonyl (C=O) groups excluding carboxylic acids is 1. The lowest BCUT2D eigenvalue weighted by molar-refractivity contribution is -0.131. The van der Waals surface area contributed by atoms with Crippen molar-refractivity contribution < 1.29 is 4.79 Å². The Balaban J connectivity index is 3.98. The smallest absolute Gasteiger partial charge is 0.223 e. The van der Waals surface area contributed by atoms with Gasteiger partial charge in [0, 0.05) is 26.1 Å². The van der Waals surface area contributed by atoms with E-state index < -0.39 is 0 Å². The Kier molecular flexibility index (Phi) is 9.30. The first kappa shape index (κ1) is 15.4. The number of nitrogens with zero attached hydrogens (tertiary/aromatic N) is 2. The minimum Gasteiger partial charge on any atom is -0.343 e. The molecule has 0 aromatic carbocycles. The highest BCUT2D eigenvalue weighted by Gasteiger charge is 2.12. The maximum Gasteiger partial charge on any atom is 0.223 e. The van der Waals surface area contributed by atoms with Crippen LogP contribution in [0.2, 0.25) is 0 Å². The van der Waals surface area contributed by atoms with E-state index in [-0.39, 0.29) is 0 Å². The molecule has 0 saturated carbocycles. The van der Waals surface area contributed by atoms with Crippen LogP contribution in [0.1, 0.15) is 47.0 Å². The Morgan fingerprint density at radius 2 is 1.38 bits per heavy atom. The topological polar surface area (TPSA) is 23.6 Å². The fourth-order valence-corrected chi connectivity index (χ4v) is 1.85. The summed E-state index contributed by atoms with van der Waals surface area (Å²) >= 11 is 0. The van der Waals surface area contributed by atoms with E-state index in [1.165, 1.54) is 0 Å². The number of amides is 1. The van der Waals surface area contributed by atoms with E-state index in [0.29, 0.717) is 12.3 Å². The maximum atomic E-state index is 12.0. The predicted molar refractivity (Wildman–Crippen MR) is 69.6 cm³/mol. The van der Waals surface area contributed by atoms with E-state index in [1.807, 2.05) is 4.90 Å². The standard InChI is InChI=1S/C13H28N2O/c1-5-10-15(11-6-2)13(16)9-12-14(7-3)8-4/h5-12H2,1-4H3. The van der Waals surface area contributed by atoms with Crippen molar-refractivity contribution in [2.45, 2.75) is 47.0 Å². The van der Waals surface area contributed by atoms with Gasteiger partial charge in [-0.15, -0.1) is 0 Å². The number of carbonyl (C=O) groups is 1. The molecule has 96 valence electrons. The molecular formula is C13H28N2O. The lowest BCUT2D eigenvalue weighted by Crippen LogP contribution is -2.35. The minimum absolute atomic E-state index is 0.315. The molecule has 0 aliphatic rings. The molecule has 3 heteroatoms. The van der Waals surface area contributed by atoms with Crippen LogP contribution in [0.15, 0.2) is 0 Å². The Morgan fingerprint density at radius 3 is 1.75 bits per heavy atom. The minimum atomic E-state index is 0.315. The SMILES string of the molecule is CCCN(CCC)C(=O)CCN(CC)CC. The van der Waals surface area contributed by atoms with E-state index in [2.05, 4.69) is 32.6 Å². The van der Waals surface area contributed by atoms with Crippen molar-refractivity contribution in [2.24, 2.45) is 0 Å². The van der Waals surface area contributed by atoms with Crippen LogP contribution in [0.3, 0.4) is 0 Å². The van der Waals surface area contributed by atoms with Crippen molar-refractivity contribution >= 4 is 5.91 Å². The van der Waals surface area contributed by atoms with Gasteiger partial charge in [0.1, 0.15) is 0 Å². The van der Waals surface area contributed by atoms with Gasteiger partial charge < -0.3 is 9.80 Å². The average molecular weight is 228 g/mol. The number of hydrogen-bond donors (Lipinski definition) is 0. The summed E-state index contributed by atoms with van der Waals surface area (Å²) in [7, 11) is 0. The van der Waals surface area contributed by atoms with Crippen LogP contribution in [-0.4, -0.2) is 48.4 Å². The molecule has 0 heterocycles. The monoisotopic (exact) mass is 228 g/mol. The van der Waals surface area contributed by atoms with Gasteiger partial charge >= 0.3 is 0 Å². The van der Waals surface area contributed by atoms with Gasteiger partial charge in [-0.3, -0.25) is 4.79 Å². The number of rotatable bonds is 9. The van der Waals surface area contributed by atoms with E-state index in [4.69, 9.17) is 0 Å². The molecule has 0 fully saturated rings. The summed E-state index contributed by atoms with van der Waals surface area (Å²) in [6, 6.07) is 0. The lowest BCUT2D eigenvalue weighted by atomic mass is 10.3.